The molecule has 2 aromatic carbocycles. The highest BCUT2D eigenvalue weighted by Gasteiger charge is 2.23. The number of aromatic nitrogens is 3. The van der Waals surface area contributed by atoms with Crippen LogP contribution in [0.5, 0.6) is 0 Å². The Bertz CT molecular complexity index is 1130. The van der Waals surface area contributed by atoms with Crippen LogP contribution in [0.3, 0.4) is 0 Å². The van der Waals surface area contributed by atoms with Crippen LogP contribution in [0.15, 0.2) is 58.6 Å². The van der Waals surface area contributed by atoms with Crippen molar-refractivity contribution in [2.24, 2.45) is 0 Å². The van der Waals surface area contributed by atoms with E-state index in [4.69, 9.17) is 11.6 Å². The summed E-state index contributed by atoms with van der Waals surface area (Å²) in [6.45, 7) is 4.41. The van der Waals surface area contributed by atoms with Crippen molar-refractivity contribution in [2.45, 2.75) is 42.9 Å². The number of nitrogens with one attached hydrogen (secondary N) is 1. The van der Waals surface area contributed by atoms with Gasteiger partial charge in [-0.2, -0.15) is 0 Å². The number of nitrogens with zero attached hydrogens (tertiary/aromatic N) is 4. The van der Waals surface area contributed by atoms with E-state index in [1.165, 1.54) is 23.4 Å². The van der Waals surface area contributed by atoms with E-state index in [1.807, 2.05) is 25.6 Å². The first-order valence-electron chi connectivity index (χ1n) is 10.3. The van der Waals surface area contributed by atoms with Crippen LogP contribution in [0, 0.1) is 0 Å². The number of halogens is 1. The smallest absolute Gasteiger partial charge is 0.241 e. The first-order valence-corrected chi connectivity index (χ1v) is 13.2. The molecule has 0 radical (unpaired) electrons. The lowest BCUT2D eigenvalue weighted by Crippen LogP contribution is -2.29. The summed E-state index contributed by atoms with van der Waals surface area (Å²) in [5.74, 6) is 1.44. The number of sulfonamides is 1. The summed E-state index contributed by atoms with van der Waals surface area (Å²) in [6.07, 6.45) is 0.906. The second kappa shape index (κ2) is 10.7. The molecular weight excluding hydrogens is 466 g/mol. The summed E-state index contributed by atoms with van der Waals surface area (Å²) in [5, 5.41) is 9.85. The monoisotopic (exact) mass is 493 g/mol. The molecule has 1 heterocycles. The molecule has 0 saturated carbocycles. The van der Waals surface area contributed by atoms with E-state index < -0.39 is 16.1 Å². The maximum atomic E-state index is 12.7. The third-order valence-electron chi connectivity index (χ3n) is 4.98. The third kappa shape index (κ3) is 6.04. The number of aryl methyl sites for hydroxylation is 1. The lowest BCUT2D eigenvalue weighted by molar-refractivity contribution is 0.539. The Morgan fingerprint density at radius 3 is 2.34 bits per heavy atom. The quantitative estimate of drug-likeness (QED) is 0.422. The highest BCUT2D eigenvalue weighted by atomic mass is 35.5. The van der Waals surface area contributed by atoms with Gasteiger partial charge in [-0.1, -0.05) is 35.5 Å². The molecule has 1 atom stereocenters. The fourth-order valence-electron chi connectivity index (χ4n) is 3.21. The Morgan fingerprint density at radius 2 is 1.75 bits per heavy atom. The Kier molecular flexibility index (Phi) is 8.21. The van der Waals surface area contributed by atoms with Crippen LogP contribution in [0.25, 0.3) is 0 Å². The van der Waals surface area contributed by atoms with Crippen LogP contribution >= 0.6 is 23.4 Å². The van der Waals surface area contributed by atoms with Crippen LogP contribution < -0.4 is 9.62 Å². The molecule has 0 amide bonds. The maximum absolute atomic E-state index is 12.7. The first-order chi connectivity index (χ1) is 15.2. The molecule has 0 aliphatic carbocycles. The Balaban J connectivity index is 1.65. The van der Waals surface area contributed by atoms with Gasteiger partial charge in [0.15, 0.2) is 11.0 Å². The van der Waals surface area contributed by atoms with E-state index in [9.17, 15) is 8.42 Å². The van der Waals surface area contributed by atoms with E-state index in [2.05, 4.69) is 44.1 Å². The second-order valence-electron chi connectivity index (χ2n) is 7.54. The van der Waals surface area contributed by atoms with Crippen LogP contribution in [-0.4, -0.2) is 43.0 Å². The fourth-order valence-corrected chi connectivity index (χ4v) is 5.54. The van der Waals surface area contributed by atoms with Gasteiger partial charge in [-0.15, -0.1) is 10.2 Å². The van der Waals surface area contributed by atoms with Gasteiger partial charge in [0.2, 0.25) is 10.0 Å². The van der Waals surface area contributed by atoms with Gasteiger partial charge < -0.3 is 9.47 Å². The van der Waals surface area contributed by atoms with E-state index in [0.29, 0.717) is 17.4 Å². The molecule has 0 saturated heterocycles. The normalized spacial score (nSPS) is 12.7. The zero-order valence-corrected chi connectivity index (χ0v) is 21.0. The average Bonchev–Trinajstić information content (AvgIpc) is 3.17. The SMILES string of the molecule is CCn1c(SCCc2ccc(N(C)C)cc2)nnc1[C@@H](C)NS(=O)(=O)c1ccc(Cl)cc1. The summed E-state index contributed by atoms with van der Waals surface area (Å²) in [5.41, 5.74) is 2.43. The molecule has 3 aromatic rings. The molecule has 172 valence electrons. The summed E-state index contributed by atoms with van der Waals surface area (Å²) in [6, 6.07) is 14.0. The van der Waals surface area contributed by atoms with Crippen molar-refractivity contribution in [3.05, 3.63) is 64.9 Å². The molecule has 7 nitrogen and oxygen atoms in total. The van der Waals surface area contributed by atoms with Crippen LogP contribution in [0.4, 0.5) is 5.69 Å². The van der Waals surface area contributed by atoms with Gasteiger partial charge in [-0.25, -0.2) is 13.1 Å². The van der Waals surface area contributed by atoms with Gasteiger partial charge in [0, 0.05) is 37.1 Å². The number of anilines is 1. The van der Waals surface area contributed by atoms with E-state index in [1.54, 1.807) is 30.8 Å². The largest absolute Gasteiger partial charge is 0.378 e. The van der Waals surface area contributed by atoms with Crippen molar-refractivity contribution < 1.29 is 8.42 Å². The minimum Gasteiger partial charge on any atom is -0.378 e. The van der Waals surface area contributed by atoms with E-state index in [0.717, 1.165) is 17.3 Å². The average molecular weight is 494 g/mol. The van der Waals surface area contributed by atoms with Crippen molar-refractivity contribution in [3.8, 4) is 0 Å². The number of hydrogen-bond acceptors (Lipinski definition) is 6. The highest BCUT2D eigenvalue weighted by molar-refractivity contribution is 7.99. The van der Waals surface area contributed by atoms with Crippen molar-refractivity contribution in [1.82, 2.24) is 19.5 Å². The lowest BCUT2D eigenvalue weighted by Gasteiger charge is -2.15. The number of rotatable bonds is 10. The molecule has 0 spiro atoms. The molecule has 32 heavy (non-hydrogen) atoms. The Morgan fingerprint density at radius 1 is 1.09 bits per heavy atom. The van der Waals surface area contributed by atoms with Gasteiger partial charge in [0.1, 0.15) is 0 Å². The first kappa shape index (κ1) is 24.6. The molecule has 0 aliphatic rings. The van der Waals surface area contributed by atoms with Gasteiger partial charge >= 0.3 is 0 Å². The molecule has 10 heteroatoms. The zero-order chi connectivity index (χ0) is 23.3. The van der Waals surface area contributed by atoms with Crippen molar-refractivity contribution >= 4 is 39.1 Å². The molecule has 0 bridgehead atoms. The van der Waals surface area contributed by atoms with Gasteiger partial charge in [-0.05, 0) is 62.2 Å². The molecule has 0 aliphatic heterocycles. The molecule has 3 rings (SSSR count). The Hall–Kier alpha value is -2.07. The van der Waals surface area contributed by atoms with E-state index >= 15 is 0 Å². The summed E-state index contributed by atoms with van der Waals surface area (Å²) >= 11 is 7.48. The molecular formula is C22H28ClN5O2S2. The van der Waals surface area contributed by atoms with Crippen LogP contribution in [0.2, 0.25) is 5.02 Å². The minimum atomic E-state index is -3.70. The minimum absolute atomic E-state index is 0.159. The second-order valence-corrected chi connectivity index (χ2v) is 10.8. The van der Waals surface area contributed by atoms with Gasteiger partial charge in [-0.3, -0.25) is 0 Å². The lowest BCUT2D eigenvalue weighted by atomic mass is 10.1. The predicted octanol–water partition coefficient (Wildman–Crippen LogP) is 4.39. The van der Waals surface area contributed by atoms with Crippen molar-refractivity contribution in [3.63, 3.8) is 0 Å². The number of hydrogen-bond donors (Lipinski definition) is 1. The molecule has 0 fully saturated rings. The topological polar surface area (TPSA) is 80.1 Å². The fraction of sp³-hybridized carbons (Fsp3) is 0.364. The molecule has 1 aromatic heterocycles. The standard InChI is InChI=1S/C22H28ClN5O2S2/c1-5-28-21(16(2)26-32(29,30)20-12-8-18(23)9-13-20)24-25-22(28)31-15-14-17-6-10-19(11-7-17)27(3)4/h6-13,16,26H,5,14-15H2,1-4H3/t16-/m1/s1. The highest BCUT2D eigenvalue weighted by Crippen LogP contribution is 2.23. The zero-order valence-electron chi connectivity index (χ0n) is 18.6. The molecule has 1 N–H and O–H groups in total. The maximum Gasteiger partial charge on any atom is 0.241 e. The summed E-state index contributed by atoms with van der Waals surface area (Å²) in [4.78, 5) is 2.23. The van der Waals surface area contributed by atoms with Crippen molar-refractivity contribution in [2.75, 3.05) is 24.7 Å². The third-order valence-corrected chi connectivity index (χ3v) is 7.76. The Labute approximate surface area is 199 Å². The van der Waals surface area contributed by atoms with E-state index in [-0.39, 0.29) is 4.90 Å². The van der Waals surface area contributed by atoms with Crippen molar-refractivity contribution in [1.29, 1.82) is 0 Å². The summed E-state index contributed by atoms with van der Waals surface area (Å²) in [7, 11) is 0.346. The van der Waals surface area contributed by atoms with Crippen LogP contribution in [-0.2, 0) is 23.0 Å². The summed E-state index contributed by atoms with van der Waals surface area (Å²) < 4.78 is 30.1. The van der Waals surface area contributed by atoms with Gasteiger partial charge in [0.25, 0.3) is 0 Å². The van der Waals surface area contributed by atoms with Crippen LogP contribution in [0.1, 0.15) is 31.3 Å². The predicted molar refractivity (Wildman–Crippen MR) is 131 cm³/mol. The van der Waals surface area contributed by atoms with Gasteiger partial charge in [0.05, 0.1) is 10.9 Å². The number of benzene rings is 2. The number of thioether (sulfide) groups is 1. The molecule has 0 unspecified atom stereocenters.